The summed E-state index contributed by atoms with van der Waals surface area (Å²) in [5, 5.41) is 7.46. The van der Waals surface area contributed by atoms with Crippen LogP contribution in [0.2, 0.25) is 0 Å². The van der Waals surface area contributed by atoms with Crippen molar-refractivity contribution in [1.29, 1.82) is 0 Å². The van der Waals surface area contributed by atoms with E-state index in [1.54, 1.807) is 6.08 Å². The first-order chi connectivity index (χ1) is 7.84. The van der Waals surface area contributed by atoms with Crippen molar-refractivity contribution in [2.24, 2.45) is 0 Å². The smallest absolute Gasteiger partial charge is 0.147 e. The quantitative estimate of drug-likeness (QED) is 0.790. The van der Waals surface area contributed by atoms with Gasteiger partial charge < -0.3 is 9.84 Å². The molecule has 16 heavy (non-hydrogen) atoms. The fourth-order valence-electron chi connectivity index (χ4n) is 2.51. The highest BCUT2D eigenvalue weighted by Crippen LogP contribution is 2.32. The summed E-state index contributed by atoms with van der Waals surface area (Å²) in [6.45, 7) is 2.06. The normalized spacial score (nSPS) is 25.7. The topological polar surface area (TPSA) is 38.1 Å². The molecule has 3 rings (SSSR count). The molecule has 1 aromatic rings. The van der Waals surface area contributed by atoms with Gasteiger partial charge >= 0.3 is 0 Å². The molecule has 1 unspecified atom stereocenters. The number of hydrogen-bond donors (Lipinski definition) is 1. The van der Waals surface area contributed by atoms with Crippen LogP contribution in [0, 0.1) is 0 Å². The van der Waals surface area contributed by atoms with Crippen LogP contribution in [0.4, 0.5) is 4.39 Å². The van der Waals surface area contributed by atoms with E-state index in [1.165, 1.54) is 0 Å². The van der Waals surface area contributed by atoms with Gasteiger partial charge in [0.2, 0.25) is 0 Å². The van der Waals surface area contributed by atoms with E-state index in [2.05, 4.69) is 10.5 Å². The number of rotatable bonds is 1. The lowest BCUT2D eigenvalue weighted by Crippen LogP contribution is -2.27. The number of alkyl halides is 1. The molecule has 0 radical (unpaired) electrons. The first kappa shape index (κ1) is 10.0. The summed E-state index contributed by atoms with van der Waals surface area (Å²) >= 11 is 0. The second-order valence-corrected chi connectivity index (χ2v) is 4.51. The molecule has 2 heterocycles. The molecule has 1 atom stereocenters. The van der Waals surface area contributed by atoms with Crippen LogP contribution in [0.1, 0.15) is 35.8 Å². The van der Waals surface area contributed by atoms with E-state index in [-0.39, 0.29) is 0 Å². The zero-order chi connectivity index (χ0) is 11.0. The van der Waals surface area contributed by atoms with E-state index in [9.17, 15) is 4.39 Å². The van der Waals surface area contributed by atoms with Gasteiger partial charge in [-0.05, 0) is 32.0 Å². The average molecular weight is 222 g/mol. The second kappa shape index (κ2) is 4.01. The minimum atomic E-state index is -0.915. The van der Waals surface area contributed by atoms with Crippen LogP contribution in [0.15, 0.2) is 10.6 Å². The summed E-state index contributed by atoms with van der Waals surface area (Å²) in [4.78, 5) is 0. The van der Waals surface area contributed by atoms with Crippen LogP contribution in [-0.2, 0) is 6.42 Å². The van der Waals surface area contributed by atoms with Gasteiger partial charge in [-0.15, -0.1) is 0 Å². The average Bonchev–Trinajstić information content (AvgIpc) is 2.73. The van der Waals surface area contributed by atoms with E-state index in [1.807, 2.05) is 6.08 Å². The molecule has 1 aliphatic heterocycles. The predicted molar refractivity (Wildman–Crippen MR) is 59.0 cm³/mol. The number of fused-ring (bicyclic) bond motifs is 1. The maximum absolute atomic E-state index is 13.1. The summed E-state index contributed by atoms with van der Waals surface area (Å²) in [5.41, 5.74) is 2.06. The van der Waals surface area contributed by atoms with Crippen LogP contribution in [0.25, 0.3) is 6.08 Å². The Labute approximate surface area is 93.7 Å². The monoisotopic (exact) mass is 222 g/mol. The van der Waals surface area contributed by atoms with Gasteiger partial charge in [-0.25, -0.2) is 4.39 Å². The summed E-state index contributed by atoms with van der Waals surface area (Å²) in [5.74, 6) is 1.18. The third-order valence-electron chi connectivity index (χ3n) is 3.41. The Balaban J connectivity index is 1.90. The summed E-state index contributed by atoms with van der Waals surface area (Å²) in [6, 6.07) is 0. The fourth-order valence-corrected chi connectivity index (χ4v) is 2.51. The van der Waals surface area contributed by atoms with E-state index in [0.29, 0.717) is 18.1 Å². The van der Waals surface area contributed by atoms with Crippen LogP contribution in [0.5, 0.6) is 0 Å². The number of nitrogens with one attached hydrogen (secondary N) is 1. The molecule has 3 nitrogen and oxygen atoms in total. The van der Waals surface area contributed by atoms with Gasteiger partial charge in [-0.2, -0.15) is 0 Å². The number of hydrogen-bond acceptors (Lipinski definition) is 3. The van der Waals surface area contributed by atoms with Gasteiger partial charge in [0.1, 0.15) is 11.9 Å². The molecule has 0 aromatic carbocycles. The van der Waals surface area contributed by atoms with Crippen molar-refractivity contribution < 1.29 is 8.91 Å². The standard InChI is InChI=1S/C12H15FN2O/c13-9-1-2-10-11(7-9)16-15-12(10)8-3-5-14-6-4-8/h1-2,8-9,14H,3-7H2. The van der Waals surface area contributed by atoms with Crippen molar-refractivity contribution in [1.82, 2.24) is 10.5 Å². The first-order valence-electron chi connectivity index (χ1n) is 5.86. The second-order valence-electron chi connectivity index (χ2n) is 4.51. The predicted octanol–water partition coefficient (Wildman–Crippen LogP) is 2.05. The molecule has 4 heteroatoms. The van der Waals surface area contributed by atoms with Crippen LogP contribution < -0.4 is 5.32 Å². The molecule has 0 amide bonds. The molecule has 0 saturated carbocycles. The third kappa shape index (κ3) is 1.67. The summed E-state index contributed by atoms with van der Waals surface area (Å²) in [6.07, 6.45) is 5.03. The maximum Gasteiger partial charge on any atom is 0.147 e. The van der Waals surface area contributed by atoms with E-state index in [4.69, 9.17) is 4.52 Å². The van der Waals surface area contributed by atoms with Crippen molar-refractivity contribution in [3.8, 4) is 0 Å². The molecule has 1 fully saturated rings. The van der Waals surface area contributed by atoms with Gasteiger partial charge in [-0.3, -0.25) is 0 Å². The molecular formula is C12H15FN2O. The van der Waals surface area contributed by atoms with Gasteiger partial charge in [0.15, 0.2) is 0 Å². The van der Waals surface area contributed by atoms with Crippen LogP contribution in [0.3, 0.4) is 0 Å². The Morgan fingerprint density at radius 2 is 2.19 bits per heavy atom. The Kier molecular flexibility index (Phi) is 2.52. The third-order valence-corrected chi connectivity index (χ3v) is 3.41. The highest BCUT2D eigenvalue weighted by molar-refractivity contribution is 5.57. The Bertz CT molecular complexity index is 407. The highest BCUT2D eigenvalue weighted by Gasteiger charge is 2.26. The zero-order valence-corrected chi connectivity index (χ0v) is 9.08. The molecule has 0 spiro atoms. The minimum absolute atomic E-state index is 0.337. The largest absolute Gasteiger partial charge is 0.360 e. The number of nitrogens with zero attached hydrogens (tertiary/aromatic N) is 1. The van der Waals surface area contributed by atoms with Crippen LogP contribution >= 0.6 is 0 Å². The van der Waals surface area contributed by atoms with E-state index < -0.39 is 6.17 Å². The number of allylic oxidation sites excluding steroid dienone is 1. The molecule has 1 aromatic heterocycles. The highest BCUT2D eigenvalue weighted by atomic mass is 19.1. The van der Waals surface area contributed by atoms with Crippen molar-refractivity contribution in [3.63, 3.8) is 0 Å². The summed E-state index contributed by atoms with van der Waals surface area (Å²) < 4.78 is 18.4. The van der Waals surface area contributed by atoms with Crippen molar-refractivity contribution in [2.75, 3.05) is 13.1 Å². The fraction of sp³-hybridized carbons (Fsp3) is 0.583. The number of piperidine rings is 1. The Morgan fingerprint density at radius 1 is 1.38 bits per heavy atom. The molecule has 1 aliphatic carbocycles. The van der Waals surface area contributed by atoms with E-state index in [0.717, 1.165) is 37.2 Å². The minimum Gasteiger partial charge on any atom is -0.360 e. The van der Waals surface area contributed by atoms with E-state index >= 15 is 0 Å². The molecule has 1 saturated heterocycles. The molecule has 2 aliphatic rings. The first-order valence-corrected chi connectivity index (χ1v) is 5.86. The Hall–Kier alpha value is -1.16. The molecule has 86 valence electrons. The van der Waals surface area contributed by atoms with Crippen molar-refractivity contribution >= 4 is 6.08 Å². The van der Waals surface area contributed by atoms with Gasteiger partial charge in [0, 0.05) is 17.9 Å². The lowest BCUT2D eigenvalue weighted by atomic mass is 9.89. The van der Waals surface area contributed by atoms with Crippen LogP contribution in [-0.4, -0.2) is 24.4 Å². The number of halogens is 1. The van der Waals surface area contributed by atoms with Gasteiger partial charge in [-0.1, -0.05) is 11.2 Å². The molecule has 0 bridgehead atoms. The zero-order valence-electron chi connectivity index (χ0n) is 9.08. The lowest BCUT2D eigenvalue weighted by molar-refractivity contribution is 0.323. The van der Waals surface area contributed by atoms with Crippen molar-refractivity contribution in [3.05, 3.63) is 23.1 Å². The SMILES string of the molecule is FC1C=Cc2c(C3CCNCC3)noc2C1. The maximum atomic E-state index is 13.1. The Morgan fingerprint density at radius 3 is 3.00 bits per heavy atom. The molecule has 1 N–H and O–H groups in total. The lowest BCUT2D eigenvalue weighted by Gasteiger charge is -2.21. The number of aromatic nitrogens is 1. The summed E-state index contributed by atoms with van der Waals surface area (Å²) in [7, 11) is 0. The van der Waals surface area contributed by atoms with Gasteiger partial charge in [0.05, 0.1) is 5.69 Å². The molecular weight excluding hydrogens is 207 g/mol. The van der Waals surface area contributed by atoms with Crippen molar-refractivity contribution in [2.45, 2.75) is 31.4 Å². The van der Waals surface area contributed by atoms with Gasteiger partial charge in [0.25, 0.3) is 0 Å².